The quantitative estimate of drug-likeness (QED) is 0.695. The molecule has 1 atom stereocenters. The first-order valence-electron chi connectivity index (χ1n) is 8.96. The van der Waals surface area contributed by atoms with Crippen LogP contribution in [0.25, 0.3) is 0 Å². The van der Waals surface area contributed by atoms with Crippen LogP contribution < -0.4 is 10.6 Å². The maximum atomic E-state index is 12.4. The maximum absolute atomic E-state index is 12.4. The molecule has 0 radical (unpaired) electrons. The third-order valence-electron chi connectivity index (χ3n) is 4.43. The van der Waals surface area contributed by atoms with Crippen molar-refractivity contribution in [2.75, 3.05) is 6.54 Å². The molecule has 4 amide bonds. The van der Waals surface area contributed by atoms with Crippen molar-refractivity contribution in [2.24, 2.45) is 0 Å². The van der Waals surface area contributed by atoms with Gasteiger partial charge in [-0.05, 0) is 30.5 Å². The number of carbonyl (C=O) groups is 3. The third-order valence-corrected chi connectivity index (χ3v) is 4.43. The minimum absolute atomic E-state index is 0.163. The molecule has 1 aromatic carbocycles. The second-order valence-electron chi connectivity index (χ2n) is 6.36. The second-order valence-corrected chi connectivity index (χ2v) is 6.36. The fourth-order valence-corrected chi connectivity index (χ4v) is 2.93. The number of imide groups is 1. The van der Waals surface area contributed by atoms with Crippen molar-refractivity contribution >= 4 is 17.8 Å². The van der Waals surface area contributed by atoms with Crippen molar-refractivity contribution in [3.63, 3.8) is 0 Å². The van der Waals surface area contributed by atoms with Crippen LogP contribution >= 0.6 is 0 Å². The number of amides is 4. The van der Waals surface area contributed by atoms with E-state index in [0.29, 0.717) is 19.5 Å². The van der Waals surface area contributed by atoms with E-state index in [2.05, 4.69) is 15.6 Å². The van der Waals surface area contributed by atoms with Gasteiger partial charge in [0.25, 0.3) is 5.91 Å². The van der Waals surface area contributed by atoms with Crippen LogP contribution in [0.1, 0.15) is 24.1 Å². The average molecular weight is 366 g/mol. The van der Waals surface area contributed by atoms with Crippen molar-refractivity contribution in [3.05, 3.63) is 66.0 Å². The summed E-state index contributed by atoms with van der Waals surface area (Å²) in [5.41, 5.74) is 1.83. The number of hydrogen-bond acceptors (Lipinski definition) is 4. The lowest BCUT2D eigenvalue weighted by atomic mass is 10.1. The number of nitrogens with one attached hydrogen (secondary N) is 2. The van der Waals surface area contributed by atoms with Crippen LogP contribution in [0, 0.1) is 0 Å². The molecule has 7 nitrogen and oxygen atoms in total. The van der Waals surface area contributed by atoms with Gasteiger partial charge < -0.3 is 10.6 Å². The number of rotatable bonds is 8. The summed E-state index contributed by atoms with van der Waals surface area (Å²) in [6.07, 6.45) is 2.71. The first-order valence-corrected chi connectivity index (χ1v) is 8.96. The van der Waals surface area contributed by atoms with Crippen LogP contribution in [0.2, 0.25) is 0 Å². The highest BCUT2D eigenvalue weighted by Gasteiger charge is 2.37. The molecule has 1 fully saturated rings. The van der Waals surface area contributed by atoms with Crippen LogP contribution in [-0.4, -0.2) is 40.3 Å². The van der Waals surface area contributed by atoms with E-state index in [0.717, 1.165) is 11.3 Å². The number of benzene rings is 1. The Balaban J connectivity index is 1.43. The lowest BCUT2D eigenvalue weighted by Gasteiger charge is -2.13. The van der Waals surface area contributed by atoms with E-state index in [1.54, 1.807) is 6.20 Å². The summed E-state index contributed by atoms with van der Waals surface area (Å²) < 4.78 is 0. The highest BCUT2D eigenvalue weighted by Crippen LogP contribution is 2.12. The van der Waals surface area contributed by atoms with E-state index in [1.807, 2.05) is 48.5 Å². The molecule has 3 rings (SSSR count). The maximum Gasteiger partial charge on any atom is 0.324 e. The molecule has 1 aliphatic heterocycles. The van der Waals surface area contributed by atoms with Gasteiger partial charge in [-0.3, -0.25) is 19.5 Å². The molecule has 2 N–H and O–H groups in total. The Labute approximate surface area is 157 Å². The molecule has 1 aromatic heterocycles. The minimum atomic E-state index is -0.645. The summed E-state index contributed by atoms with van der Waals surface area (Å²) in [5.74, 6) is -0.445. The van der Waals surface area contributed by atoms with Crippen LogP contribution in [0.5, 0.6) is 0 Å². The van der Waals surface area contributed by atoms with Gasteiger partial charge in [0.1, 0.15) is 6.04 Å². The summed E-state index contributed by atoms with van der Waals surface area (Å²) in [6.45, 7) is 0.672. The Hall–Kier alpha value is -3.22. The van der Waals surface area contributed by atoms with Gasteiger partial charge in [0.05, 0.1) is 12.2 Å². The van der Waals surface area contributed by atoms with E-state index in [9.17, 15) is 14.4 Å². The number of nitrogens with zero attached hydrogens (tertiary/aromatic N) is 2. The molecule has 0 aliphatic carbocycles. The Morgan fingerprint density at radius 3 is 2.63 bits per heavy atom. The van der Waals surface area contributed by atoms with Gasteiger partial charge >= 0.3 is 6.03 Å². The molecular weight excluding hydrogens is 344 g/mol. The van der Waals surface area contributed by atoms with Crippen LogP contribution in [0.15, 0.2) is 54.7 Å². The van der Waals surface area contributed by atoms with Crippen LogP contribution in [-0.2, 0) is 22.6 Å². The number of urea groups is 1. The van der Waals surface area contributed by atoms with Crippen molar-refractivity contribution < 1.29 is 14.4 Å². The van der Waals surface area contributed by atoms with Gasteiger partial charge in [-0.25, -0.2) is 4.79 Å². The van der Waals surface area contributed by atoms with E-state index in [-0.39, 0.29) is 24.7 Å². The Kier molecular flexibility index (Phi) is 6.14. The van der Waals surface area contributed by atoms with Crippen LogP contribution in [0.3, 0.4) is 0 Å². The van der Waals surface area contributed by atoms with Crippen molar-refractivity contribution in [3.8, 4) is 0 Å². The van der Waals surface area contributed by atoms with Gasteiger partial charge in [-0.2, -0.15) is 0 Å². The summed E-state index contributed by atoms with van der Waals surface area (Å²) in [4.78, 5) is 41.8. The van der Waals surface area contributed by atoms with Gasteiger partial charge in [-0.1, -0.05) is 36.4 Å². The highest BCUT2D eigenvalue weighted by molar-refractivity contribution is 6.04. The molecule has 7 heteroatoms. The molecule has 1 aliphatic rings. The number of pyridine rings is 1. The normalized spacial score (nSPS) is 16.3. The fraction of sp³-hybridized carbons (Fsp3) is 0.300. The molecule has 0 spiro atoms. The SMILES string of the molecule is O=C(CC[C@H]1NC(=O)N(CCc2ccccc2)C1=O)NCc1ccccn1. The molecule has 0 bridgehead atoms. The molecule has 2 aromatic rings. The monoisotopic (exact) mass is 366 g/mol. The molecule has 1 saturated heterocycles. The Morgan fingerprint density at radius 1 is 1.11 bits per heavy atom. The summed E-state index contributed by atoms with van der Waals surface area (Å²) in [7, 11) is 0. The molecule has 2 heterocycles. The number of hydrogen-bond donors (Lipinski definition) is 2. The second kappa shape index (κ2) is 8.93. The van der Waals surface area contributed by atoms with Crippen LogP contribution in [0.4, 0.5) is 4.79 Å². The predicted octanol–water partition coefficient (Wildman–Crippen LogP) is 1.64. The number of carbonyl (C=O) groups excluding carboxylic acids is 3. The number of aromatic nitrogens is 1. The molecular formula is C20H22N4O3. The van der Waals surface area contributed by atoms with Gasteiger partial charge in [0, 0.05) is 19.2 Å². The fourth-order valence-electron chi connectivity index (χ4n) is 2.93. The third kappa shape index (κ3) is 5.13. The zero-order chi connectivity index (χ0) is 19.1. The van der Waals surface area contributed by atoms with E-state index in [4.69, 9.17) is 0 Å². The lowest BCUT2D eigenvalue weighted by molar-refractivity contribution is -0.127. The Morgan fingerprint density at radius 2 is 1.89 bits per heavy atom. The zero-order valence-electron chi connectivity index (χ0n) is 14.9. The molecule has 27 heavy (non-hydrogen) atoms. The molecule has 0 unspecified atom stereocenters. The highest BCUT2D eigenvalue weighted by atomic mass is 16.2. The Bertz CT molecular complexity index is 795. The largest absolute Gasteiger partial charge is 0.350 e. The topological polar surface area (TPSA) is 91.4 Å². The predicted molar refractivity (Wildman–Crippen MR) is 99.5 cm³/mol. The summed E-state index contributed by atoms with van der Waals surface area (Å²) in [6, 6.07) is 14.1. The first kappa shape index (κ1) is 18.6. The van der Waals surface area contributed by atoms with Gasteiger partial charge in [0.15, 0.2) is 0 Å². The van der Waals surface area contributed by atoms with E-state index in [1.165, 1.54) is 4.90 Å². The van der Waals surface area contributed by atoms with E-state index < -0.39 is 12.1 Å². The molecule has 140 valence electrons. The summed E-state index contributed by atoms with van der Waals surface area (Å²) >= 11 is 0. The molecule has 0 saturated carbocycles. The smallest absolute Gasteiger partial charge is 0.324 e. The van der Waals surface area contributed by atoms with Crippen molar-refractivity contribution in [2.45, 2.75) is 31.8 Å². The van der Waals surface area contributed by atoms with Crippen molar-refractivity contribution in [1.82, 2.24) is 20.5 Å². The zero-order valence-corrected chi connectivity index (χ0v) is 14.9. The lowest BCUT2D eigenvalue weighted by Crippen LogP contribution is -2.34. The van der Waals surface area contributed by atoms with Gasteiger partial charge in [0.2, 0.25) is 5.91 Å². The average Bonchev–Trinajstić information content (AvgIpc) is 2.97. The van der Waals surface area contributed by atoms with E-state index >= 15 is 0 Å². The first-order chi connectivity index (χ1) is 13.1. The van der Waals surface area contributed by atoms with Crippen molar-refractivity contribution in [1.29, 1.82) is 0 Å². The minimum Gasteiger partial charge on any atom is -0.350 e. The van der Waals surface area contributed by atoms with Gasteiger partial charge in [-0.15, -0.1) is 0 Å². The standard InChI is InChI=1S/C20H22N4O3/c25-18(22-14-16-8-4-5-12-21-16)10-9-17-19(26)24(20(27)23-17)13-11-15-6-2-1-3-7-15/h1-8,12,17H,9-11,13-14H2,(H,22,25)(H,23,27)/t17-/m1/s1. The summed E-state index contributed by atoms with van der Waals surface area (Å²) in [5, 5.41) is 5.43.